The molecule has 0 aromatic carbocycles. The zero-order valence-electron chi connectivity index (χ0n) is 15.8. The third-order valence-electron chi connectivity index (χ3n) is 4.75. The molecule has 0 aliphatic carbocycles. The van der Waals surface area contributed by atoms with Crippen LogP contribution in [0, 0.1) is 0 Å². The molecular weight excluding hydrogens is 330 g/mol. The molecule has 3 rings (SSSR count). The van der Waals surface area contributed by atoms with Crippen molar-refractivity contribution in [1.29, 1.82) is 0 Å². The van der Waals surface area contributed by atoms with Crippen LogP contribution < -0.4 is 10.2 Å². The minimum absolute atomic E-state index is 0.271. The van der Waals surface area contributed by atoms with Gasteiger partial charge in [-0.3, -0.25) is 4.68 Å². The van der Waals surface area contributed by atoms with E-state index >= 15 is 0 Å². The van der Waals surface area contributed by atoms with Crippen LogP contribution in [0.1, 0.15) is 18.5 Å². The Hall–Kier alpha value is -2.19. The average Bonchev–Trinajstić information content (AvgIpc) is 3.17. The number of aliphatic hydroxyl groups excluding tert-OH is 1. The van der Waals surface area contributed by atoms with Crippen LogP contribution in [-0.4, -0.2) is 75.6 Å². The van der Waals surface area contributed by atoms with Crippen LogP contribution in [0.4, 0.5) is 11.6 Å². The largest absolute Gasteiger partial charge is 0.391 e. The highest BCUT2D eigenvalue weighted by atomic mass is 16.3. The van der Waals surface area contributed by atoms with Gasteiger partial charge in [-0.15, -0.1) is 0 Å². The molecule has 0 unspecified atom stereocenters. The smallest absolute Gasteiger partial charge is 0.134 e. The standard InChI is InChI=1S/C18H29N7O/c1-23(2)11-15-9-16(26)12-25(15)18-10-17(20-13-21-18)19-7-4-5-14-6-8-22-24(14)3/h6,8,10,13,15-16,26H,4-5,7,9,11-12H2,1-3H3,(H,19,20,21)/t15-,16-/m1/s1. The molecule has 2 aromatic rings. The lowest BCUT2D eigenvalue weighted by Crippen LogP contribution is -2.38. The number of hydrogen-bond donors (Lipinski definition) is 2. The van der Waals surface area contributed by atoms with Crippen molar-refractivity contribution in [2.75, 3.05) is 43.9 Å². The number of rotatable bonds is 8. The molecule has 1 saturated heterocycles. The molecule has 3 heterocycles. The van der Waals surface area contributed by atoms with Gasteiger partial charge in [0, 0.05) is 50.7 Å². The van der Waals surface area contributed by atoms with Gasteiger partial charge in [-0.25, -0.2) is 9.97 Å². The summed E-state index contributed by atoms with van der Waals surface area (Å²) in [5, 5.41) is 17.6. The van der Waals surface area contributed by atoms with E-state index in [4.69, 9.17) is 0 Å². The number of nitrogens with one attached hydrogen (secondary N) is 1. The molecule has 0 amide bonds. The predicted molar refractivity (Wildman–Crippen MR) is 102 cm³/mol. The number of anilines is 2. The summed E-state index contributed by atoms with van der Waals surface area (Å²) in [6.07, 6.45) is 5.88. The van der Waals surface area contributed by atoms with E-state index in [1.54, 1.807) is 6.33 Å². The van der Waals surface area contributed by atoms with E-state index in [-0.39, 0.29) is 12.1 Å². The second-order valence-corrected chi connectivity index (χ2v) is 7.20. The van der Waals surface area contributed by atoms with Crippen LogP contribution in [0.25, 0.3) is 0 Å². The quantitative estimate of drug-likeness (QED) is 0.673. The fraction of sp³-hybridized carbons (Fsp3) is 0.611. The van der Waals surface area contributed by atoms with Gasteiger partial charge >= 0.3 is 0 Å². The first kappa shape index (κ1) is 18.6. The molecular formula is C18H29N7O. The summed E-state index contributed by atoms with van der Waals surface area (Å²) in [5.74, 6) is 1.70. The molecule has 1 aliphatic rings. The molecule has 2 atom stereocenters. The van der Waals surface area contributed by atoms with E-state index in [1.165, 1.54) is 5.69 Å². The lowest BCUT2D eigenvalue weighted by Gasteiger charge is -2.27. The molecule has 0 radical (unpaired) electrons. The van der Waals surface area contributed by atoms with Crippen molar-refractivity contribution < 1.29 is 5.11 Å². The molecule has 2 N–H and O–H groups in total. The first-order valence-electron chi connectivity index (χ1n) is 9.15. The van der Waals surface area contributed by atoms with Crippen LogP contribution in [0.15, 0.2) is 24.7 Å². The summed E-state index contributed by atoms with van der Waals surface area (Å²) in [5.41, 5.74) is 1.23. The Labute approximate surface area is 154 Å². The minimum atomic E-state index is -0.301. The Morgan fingerprint density at radius 2 is 2.19 bits per heavy atom. The molecule has 1 fully saturated rings. The minimum Gasteiger partial charge on any atom is -0.391 e. The molecule has 2 aromatic heterocycles. The van der Waals surface area contributed by atoms with Crippen molar-refractivity contribution in [3.63, 3.8) is 0 Å². The highest BCUT2D eigenvalue weighted by Gasteiger charge is 2.32. The highest BCUT2D eigenvalue weighted by Crippen LogP contribution is 2.25. The van der Waals surface area contributed by atoms with Gasteiger partial charge in [0.05, 0.1) is 6.10 Å². The van der Waals surface area contributed by atoms with Crippen molar-refractivity contribution in [2.24, 2.45) is 7.05 Å². The van der Waals surface area contributed by atoms with Crippen molar-refractivity contribution in [2.45, 2.75) is 31.4 Å². The zero-order valence-corrected chi connectivity index (χ0v) is 15.8. The maximum Gasteiger partial charge on any atom is 0.134 e. The van der Waals surface area contributed by atoms with Crippen LogP contribution >= 0.6 is 0 Å². The lowest BCUT2D eigenvalue weighted by molar-refractivity contribution is 0.191. The van der Waals surface area contributed by atoms with E-state index in [2.05, 4.69) is 44.3 Å². The summed E-state index contributed by atoms with van der Waals surface area (Å²) < 4.78 is 1.91. The molecule has 26 heavy (non-hydrogen) atoms. The fourth-order valence-corrected chi connectivity index (χ4v) is 3.50. The third-order valence-corrected chi connectivity index (χ3v) is 4.75. The van der Waals surface area contributed by atoms with Crippen molar-refractivity contribution in [3.8, 4) is 0 Å². The predicted octanol–water partition coefficient (Wildman–Crippen LogP) is 0.756. The van der Waals surface area contributed by atoms with E-state index in [0.717, 1.165) is 44.0 Å². The summed E-state index contributed by atoms with van der Waals surface area (Å²) in [7, 11) is 6.07. The second kappa shape index (κ2) is 8.46. The Morgan fingerprint density at radius 1 is 1.35 bits per heavy atom. The van der Waals surface area contributed by atoms with Gasteiger partial charge in [0.25, 0.3) is 0 Å². The number of likely N-dealkylation sites (N-methyl/N-ethyl adjacent to an activating group) is 1. The maximum atomic E-state index is 10.1. The van der Waals surface area contributed by atoms with Crippen molar-refractivity contribution >= 4 is 11.6 Å². The van der Waals surface area contributed by atoms with Crippen molar-refractivity contribution in [1.82, 2.24) is 24.6 Å². The number of aromatic nitrogens is 4. The molecule has 8 heteroatoms. The molecule has 0 spiro atoms. The first-order chi connectivity index (χ1) is 12.5. The van der Waals surface area contributed by atoms with Gasteiger partial charge in [-0.05, 0) is 39.4 Å². The lowest BCUT2D eigenvalue weighted by atomic mass is 10.2. The van der Waals surface area contributed by atoms with E-state index < -0.39 is 0 Å². The molecule has 142 valence electrons. The van der Waals surface area contributed by atoms with Crippen LogP contribution in [0.3, 0.4) is 0 Å². The third kappa shape index (κ3) is 4.70. The van der Waals surface area contributed by atoms with Gasteiger partial charge < -0.3 is 20.2 Å². The fourth-order valence-electron chi connectivity index (χ4n) is 3.50. The average molecular weight is 359 g/mol. The normalized spacial score (nSPS) is 20.1. The molecule has 8 nitrogen and oxygen atoms in total. The van der Waals surface area contributed by atoms with Crippen LogP contribution in [0.2, 0.25) is 0 Å². The summed E-state index contributed by atoms with van der Waals surface area (Å²) in [6, 6.07) is 4.30. The number of nitrogens with zero attached hydrogens (tertiary/aromatic N) is 6. The van der Waals surface area contributed by atoms with Gasteiger partial charge in [0.15, 0.2) is 0 Å². The number of β-amino-alcohol motifs (C(OH)–C–C–N with tert-alkyl or cyclic N) is 1. The highest BCUT2D eigenvalue weighted by molar-refractivity contribution is 5.50. The zero-order chi connectivity index (χ0) is 18.5. The summed E-state index contributed by atoms with van der Waals surface area (Å²) in [4.78, 5) is 13.1. The molecule has 0 saturated carbocycles. The Morgan fingerprint density at radius 3 is 2.92 bits per heavy atom. The number of aryl methyl sites for hydroxylation is 2. The van der Waals surface area contributed by atoms with Crippen LogP contribution in [-0.2, 0) is 13.5 Å². The topological polar surface area (TPSA) is 82.3 Å². The van der Waals surface area contributed by atoms with Crippen molar-refractivity contribution in [3.05, 3.63) is 30.4 Å². The number of aliphatic hydroxyl groups is 1. The molecule has 1 aliphatic heterocycles. The molecule has 0 bridgehead atoms. The van der Waals surface area contributed by atoms with Gasteiger partial charge in [-0.2, -0.15) is 5.10 Å². The monoisotopic (exact) mass is 359 g/mol. The Kier molecular flexibility index (Phi) is 6.05. The first-order valence-corrected chi connectivity index (χ1v) is 9.15. The SMILES string of the molecule is CN(C)C[C@H]1C[C@@H](O)CN1c1cc(NCCCc2ccnn2C)ncn1. The van der Waals surface area contributed by atoms with Crippen LogP contribution in [0.5, 0.6) is 0 Å². The van der Waals surface area contributed by atoms with E-state index in [0.29, 0.717) is 6.54 Å². The van der Waals surface area contributed by atoms with Gasteiger partial charge in [0.2, 0.25) is 0 Å². The Bertz CT molecular complexity index is 702. The summed E-state index contributed by atoms with van der Waals surface area (Å²) in [6.45, 7) is 2.36. The Balaban J connectivity index is 1.56. The second-order valence-electron chi connectivity index (χ2n) is 7.20. The summed E-state index contributed by atoms with van der Waals surface area (Å²) >= 11 is 0. The maximum absolute atomic E-state index is 10.1. The van der Waals surface area contributed by atoms with E-state index in [9.17, 15) is 5.11 Å². The number of hydrogen-bond acceptors (Lipinski definition) is 7. The van der Waals surface area contributed by atoms with Gasteiger partial charge in [-0.1, -0.05) is 0 Å². The van der Waals surface area contributed by atoms with E-state index in [1.807, 2.05) is 30.1 Å². The van der Waals surface area contributed by atoms with Gasteiger partial charge in [0.1, 0.15) is 18.0 Å².